The van der Waals surface area contributed by atoms with E-state index >= 15 is 0 Å². The van der Waals surface area contributed by atoms with E-state index in [1.165, 1.54) is 0 Å². The zero-order chi connectivity index (χ0) is 18.1. The smallest absolute Gasteiger partial charge is 0.257 e. The Hall–Kier alpha value is -1.79. The van der Waals surface area contributed by atoms with Gasteiger partial charge in [-0.25, -0.2) is 0 Å². The molecule has 3 aliphatic rings. The van der Waals surface area contributed by atoms with Crippen LogP contribution in [0.4, 0.5) is 0 Å². The summed E-state index contributed by atoms with van der Waals surface area (Å²) in [5.74, 6) is 1.43. The summed E-state index contributed by atoms with van der Waals surface area (Å²) in [4.78, 5) is 20.1. The number of fused-ring (bicyclic) bond motifs is 1. The van der Waals surface area contributed by atoms with Crippen LogP contribution in [0.1, 0.15) is 28.8 Å². The van der Waals surface area contributed by atoms with Gasteiger partial charge in [0, 0.05) is 45.3 Å². The molecule has 0 spiro atoms. The Morgan fingerprint density at radius 1 is 0.962 bits per heavy atom. The molecule has 2 fully saturated rings. The van der Waals surface area contributed by atoms with Crippen LogP contribution < -0.4 is 9.47 Å². The Morgan fingerprint density at radius 2 is 1.62 bits per heavy atom. The van der Waals surface area contributed by atoms with Crippen molar-refractivity contribution in [3.05, 3.63) is 23.3 Å². The number of aryl methyl sites for hydroxylation is 1. The molecule has 0 saturated carbocycles. The highest BCUT2D eigenvalue weighted by atomic mass is 16.6. The third kappa shape index (κ3) is 3.40. The van der Waals surface area contributed by atoms with Crippen molar-refractivity contribution in [2.75, 3.05) is 59.5 Å². The molecule has 0 bridgehead atoms. The summed E-state index contributed by atoms with van der Waals surface area (Å²) >= 11 is 0. The molecule has 0 aromatic heterocycles. The van der Waals surface area contributed by atoms with Gasteiger partial charge in [-0.15, -0.1) is 0 Å². The van der Waals surface area contributed by atoms with E-state index in [0.29, 0.717) is 30.6 Å². The molecule has 1 aromatic carbocycles. The number of carbonyl (C=O) groups is 1. The average molecular weight is 359 g/mol. The number of ether oxygens (including phenoxy) is 2. The maximum Gasteiger partial charge on any atom is 0.257 e. The van der Waals surface area contributed by atoms with Crippen molar-refractivity contribution in [3.8, 4) is 11.5 Å². The van der Waals surface area contributed by atoms with E-state index in [4.69, 9.17) is 9.47 Å². The number of likely N-dealkylation sites (N-methyl/N-ethyl adjacent to an activating group) is 1. The Balaban J connectivity index is 1.41. The van der Waals surface area contributed by atoms with Crippen LogP contribution in [0.3, 0.4) is 0 Å². The number of benzene rings is 1. The second kappa shape index (κ2) is 7.45. The normalized spacial score (nSPS) is 22.5. The lowest BCUT2D eigenvalue weighted by atomic mass is 10.0. The minimum atomic E-state index is 0.0728. The summed E-state index contributed by atoms with van der Waals surface area (Å²) in [7, 11) is 2.19. The van der Waals surface area contributed by atoms with Crippen molar-refractivity contribution in [1.29, 1.82) is 0 Å². The van der Waals surface area contributed by atoms with Crippen LogP contribution in [0, 0.1) is 6.92 Å². The number of hydrogen-bond donors (Lipinski definition) is 0. The summed E-state index contributed by atoms with van der Waals surface area (Å²) < 4.78 is 11.5. The monoisotopic (exact) mass is 359 g/mol. The van der Waals surface area contributed by atoms with Crippen LogP contribution in [0.15, 0.2) is 12.1 Å². The van der Waals surface area contributed by atoms with Gasteiger partial charge in [0.05, 0.1) is 5.56 Å². The van der Waals surface area contributed by atoms with Gasteiger partial charge in [-0.2, -0.15) is 0 Å². The van der Waals surface area contributed by atoms with Gasteiger partial charge in [0.25, 0.3) is 5.91 Å². The van der Waals surface area contributed by atoms with Crippen LogP contribution in [-0.2, 0) is 0 Å². The highest BCUT2D eigenvalue weighted by Crippen LogP contribution is 2.37. The molecule has 1 amide bonds. The van der Waals surface area contributed by atoms with Crippen LogP contribution in [0.5, 0.6) is 11.5 Å². The quantitative estimate of drug-likeness (QED) is 0.803. The van der Waals surface area contributed by atoms with Gasteiger partial charge in [0.1, 0.15) is 13.2 Å². The van der Waals surface area contributed by atoms with Gasteiger partial charge in [0.2, 0.25) is 0 Å². The van der Waals surface area contributed by atoms with E-state index < -0.39 is 0 Å². The van der Waals surface area contributed by atoms with Crippen molar-refractivity contribution in [2.24, 2.45) is 0 Å². The van der Waals surface area contributed by atoms with Gasteiger partial charge in [0.15, 0.2) is 11.5 Å². The van der Waals surface area contributed by atoms with Crippen molar-refractivity contribution in [1.82, 2.24) is 14.7 Å². The topological polar surface area (TPSA) is 45.3 Å². The number of carbonyl (C=O) groups excluding carboxylic acids is 1. The van der Waals surface area contributed by atoms with Crippen LogP contribution >= 0.6 is 0 Å². The molecule has 2 saturated heterocycles. The number of rotatable bonds is 2. The highest BCUT2D eigenvalue weighted by molar-refractivity contribution is 5.98. The summed E-state index contributed by atoms with van der Waals surface area (Å²) in [5.41, 5.74) is 1.66. The molecular weight excluding hydrogens is 330 g/mol. The fourth-order valence-electron chi connectivity index (χ4n) is 4.23. The van der Waals surface area contributed by atoms with Crippen molar-refractivity contribution >= 4 is 5.91 Å². The van der Waals surface area contributed by atoms with E-state index in [-0.39, 0.29) is 5.91 Å². The van der Waals surface area contributed by atoms with Crippen LogP contribution in [-0.4, -0.2) is 86.2 Å². The lowest BCUT2D eigenvalue weighted by molar-refractivity contribution is 0.0513. The van der Waals surface area contributed by atoms with Gasteiger partial charge < -0.3 is 19.3 Å². The molecule has 1 aromatic rings. The number of piperazine rings is 1. The first kappa shape index (κ1) is 17.6. The third-order valence-corrected chi connectivity index (χ3v) is 5.92. The number of amides is 1. The van der Waals surface area contributed by atoms with Gasteiger partial charge >= 0.3 is 0 Å². The van der Waals surface area contributed by atoms with E-state index in [2.05, 4.69) is 16.8 Å². The van der Waals surface area contributed by atoms with Crippen LogP contribution in [0.25, 0.3) is 0 Å². The minimum Gasteiger partial charge on any atom is -0.486 e. The second-order valence-electron chi connectivity index (χ2n) is 7.65. The van der Waals surface area contributed by atoms with Gasteiger partial charge in [-0.3, -0.25) is 9.69 Å². The molecule has 3 aliphatic heterocycles. The number of hydrogen-bond acceptors (Lipinski definition) is 5. The maximum atomic E-state index is 13.1. The number of nitrogens with zero attached hydrogens (tertiary/aromatic N) is 3. The first-order valence-corrected chi connectivity index (χ1v) is 9.74. The third-order valence-electron chi connectivity index (χ3n) is 5.92. The summed E-state index contributed by atoms with van der Waals surface area (Å²) in [6.45, 7) is 9.25. The zero-order valence-corrected chi connectivity index (χ0v) is 15.9. The number of likely N-dealkylation sites (tertiary alicyclic amines) is 1. The molecular formula is C20H29N3O3. The molecule has 0 radical (unpaired) electrons. The van der Waals surface area contributed by atoms with Crippen molar-refractivity contribution in [3.63, 3.8) is 0 Å². The molecule has 142 valence electrons. The Bertz CT molecular complexity index is 663. The summed E-state index contributed by atoms with van der Waals surface area (Å²) in [5, 5.41) is 0. The minimum absolute atomic E-state index is 0.0728. The van der Waals surface area contributed by atoms with Crippen molar-refractivity contribution in [2.45, 2.75) is 25.8 Å². The van der Waals surface area contributed by atoms with Gasteiger partial charge in [-0.1, -0.05) is 6.07 Å². The molecule has 26 heavy (non-hydrogen) atoms. The van der Waals surface area contributed by atoms with Crippen LogP contribution in [0.2, 0.25) is 0 Å². The molecule has 0 unspecified atom stereocenters. The Morgan fingerprint density at radius 3 is 2.31 bits per heavy atom. The lowest BCUT2D eigenvalue weighted by Gasteiger charge is -2.42. The first-order chi connectivity index (χ1) is 12.6. The van der Waals surface area contributed by atoms with E-state index in [1.807, 2.05) is 24.0 Å². The summed E-state index contributed by atoms with van der Waals surface area (Å²) in [6, 6.07) is 4.45. The molecule has 0 aliphatic carbocycles. The zero-order valence-electron chi connectivity index (χ0n) is 15.9. The lowest BCUT2D eigenvalue weighted by Crippen LogP contribution is -2.53. The summed E-state index contributed by atoms with van der Waals surface area (Å²) in [6.07, 6.45) is 2.11. The predicted octanol–water partition coefficient (Wildman–Crippen LogP) is 1.62. The molecule has 0 N–H and O–H groups in total. The van der Waals surface area contributed by atoms with E-state index in [0.717, 1.165) is 63.4 Å². The number of piperidine rings is 1. The first-order valence-electron chi connectivity index (χ1n) is 9.74. The Labute approximate surface area is 155 Å². The fourth-order valence-corrected chi connectivity index (χ4v) is 4.23. The molecule has 4 rings (SSSR count). The predicted molar refractivity (Wildman–Crippen MR) is 100 cm³/mol. The van der Waals surface area contributed by atoms with Crippen molar-refractivity contribution < 1.29 is 14.3 Å². The average Bonchev–Trinajstić information content (AvgIpc) is 2.69. The molecule has 3 heterocycles. The fraction of sp³-hybridized carbons (Fsp3) is 0.650. The van der Waals surface area contributed by atoms with Gasteiger partial charge in [-0.05, 0) is 38.4 Å². The largest absolute Gasteiger partial charge is 0.486 e. The Kier molecular flexibility index (Phi) is 5.05. The maximum absolute atomic E-state index is 13.1. The molecule has 0 atom stereocenters. The van der Waals surface area contributed by atoms with E-state index in [1.54, 1.807) is 0 Å². The van der Waals surface area contributed by atoms with E-state index in [9.17, 15) is 4.79 Å². The second-order valence-corrected chi connectivity index (χ2v) is 7.65. The highest BCUT2D eigenvalue weighted by Gasteiger charge is 2.31. The molecule has 6 heteroatoms. The SMILES string of the molecule is Cc1ccc(C(=O)N2CCC(N3CCN(C)CC3)CC2)c2c1OCCO2. The molecule has 6 nitrogen and oxygen atoms in total. The standard InChI is InChI=1S/C20H29N3O3/c1-15-3-4-17(19-18(15)25-13-14-26-19)20(24)23-7-5-16(6-8-23)22-11-9-21(2)10-12-22/h3-4,16H,5-14H2,1-2H3.